The normalized spacial score (nSPS) is 10.8. The van der Waals surface area contributed by atoms with Gasteiger partial charge in [-0.2, -0.15) is 0 Å². The molecule has 0 spiro atoms. The van der Waals surface area contributed by atoms with Crippen molar-refractivity contribution in [3.8, 4) is 5.75 Å². The van der Waals surface area contributed by atoms with Crippen molar-refractivity contribution in [2.75, 3.05) is 0 Å². The van der Waals surface area contributed by atoms with Crippen molar-refractivity contribution in [1.82, 2.24) is 0 Å². The Labute approximate surface area is 126 Å². The van der Waals surface area contributed by atoms with E-state index in [0.717, 1.165) is 11.6 Å². The van der Waals surface area contributed by atoms with Crippen LogP contribution in [0.15, 0.2) is 48.5 Å². The number of hydrogen-bond acceptors (Lipinski definition) is 2. The predicted octanol–water partition coefficient (Wildman–Crippen LogP) is 4.16. The maximum absolute atomic E-state index is 12.8. The van der Waals surface area contributed by atoms with Gasteiger partial charge in [0.05, 0.1) is 0 Å². The molecule has 1 N–H and O–H groups in total. The highest BCUT2D eigenvalue weighted by Crippen LogP contribution is 2.25. The van der Waals surface area contributed by atoms with Gasteiger partial charge in [0.2, 0.25) is 0 Å². The number of hydrogen-bond donors (Lipinski definition) is 1. The van der Waals surface area contributed by atoms with Crippen molar-refractivity contribution >= 4 is 23.6 Å². The largest absolute Gasteiger partial charge is 0.488 e. The zero-order valence-corrected chi connectivity index (χ0v) is 11.7. The molecule has 0 bridgehead atoms. The van der Waals surface area contributed by atoms with Crippen LogP contribution >= 0.6 is 11.6 Å². The van der Waals surface area contributed by atoms with Gasteiger partial charge >= 0.3 is 5.97 Å². The summed E-state index contributed by atoms with van der Waals surface area (Å²) in [6.45, 7) is 0.246. The number of aliphatic carboxylic acids is 1. The van der Waals surface area contributed by atoms with Crippen LogP contribution in [-0.4, -0.2) is 11.1 Å². The van der Waals surface area contributed by atoms with Crippen molar-refractivity contribution < 1.29 is 19.0 Å². The summed E-state index contributed by atoms with van der Waals surface area (Å²) in [5.74, 6) is -0.865. The fraction of sp³-hybridized carbons (Fsp3) is 0.0625. The molecule has 0 atom stereocenters. The zero-order chi connectivity index (χ0) is 15.2. The second-order valence-corrected chi connectivity index (χ2v) is 4.71. The van der Waals surface area contributed by atoms with E-state index in [0.29, 0.717) is 16.3 Å². The van der Waals surface area contributed by atoms with Crippen molar-refractivity contribution in [1.29, 1.82) is 0 Å². The quantitative estimate of drug-likeness (QED) is 0.844. The Bertz CT molecular complexity index is 666. The van der Waals surface area contributed by atoms with Crippen LogP contribution in [0.5, 0.6) is 5.75 Å². The predicted molar refractivity (Wildman–Crippen MR) is 78.9 cm³/mol. The van der Waals surface area contributed by atoms with E-state index in [-0.39, 0.29) is 12.4 Å². The van der Waals surface area contributed by atoms with E-state index in [1.165, 1.54) is 18.2 Å². The van der Waals surface area contributed by atoms with Gasteiger partial charge in [-0.1, -0.05) is 23.7 Å². The second-order valence-electron chi connectivity index (χ2n) is 4.27. The minimum absolute atomic E-state index is 0.246. The molecule has 0 radical (unpaired) electrons. The SMILES string of the molecule is O=C(O)/C=C/c1cc(Cl)ccc1OCc1ccc(F)cc1. The molecule has 108 valence electrons. The highest BCUT2D eigenvalue weighted by Gasteiger charge is 2.04. The van der Waals surface area contributed by atoms with Gasteiger partial charge < -0.3 is 9.84 Å². The standard InChI is InChI=1S/C16H12ClFO3/c17-13-4-7-15(12(9-13)3-8-16(19)20)21-10-11-1-5-14(18)6-2-11/h1-9H,10H2,(H,19,20)/b8-3+. The fourth-order valence-corrected chi connectivity index (χ4v) is 1.86. The lowest BCUT2D eigenvalue weighted by Crippen LogP contribution is -1.97. The summed E-state index contributed by atoms with van der Waals surface area (Å²) < 4.78 is 18.4. The molecule has 21 heavy (non-hydrogen) atoms. The van der Waals surface area contributed by atoms with Crippen LogP contribution in [0.1, 0.15) is 11.1 Å². The Morgan fingerprint density at radius 1 is 1.24 bits per heavy atom. The number of carboxylic acids is 1. The third kappa shape index (κ3) is 4.61. The van der Waals surface area contributed by atoms with E-state index >= 15 is 0 Å². The molecule has 0 saturated carbocycles. The average molecular weight is 307 g/mol. The summed E-state index contributed by atoms with van der Waals surface area (Å²) >= 11 is 5.89. The summed E-state index contributed by atoms with van der Waals surface area (Å²) in [4.78, 5) is 10.6. The molecule has 2 rings (SSSR count). The summed E-state index contributed by atoms with van der Waals surface area (Å²) in [6.07, 6.45) is 2.42. The summed E-state index contributed by atoms with van der Waals surface area (Å²) in [6, 6.07) is 10.9. The first-order valence-electron chi connectivity index (χ1n) is 6.12. The summed E-state index contributed by atoms with van der Waals surface area (Å²) in [5.41, 5.74) is 1.37. The Morgan fingerprint density at radius 3 is 2.62 bits per heavy atom. The molecule has 0 fully saturated rings. The van der Waals surface area contributed by atoms with Crippen LogP contribution in [0, 0.1) is 5.82 Å². The molecule has 0 aliphatic rings. The maximum Gasteiger partial charge on any atom is 0.328 e. The van der Waals surface area contributed by atoms with E-state index in [1.807, 2.05) is 0 Å². The van der Waals surface area contributed by atoms with Gasteiger partial charge in [-0.3, -0.25) is 0 Å². The first-order chi connectivity index (χ1) is 10.0. The molecule has 2 aromatic rings. The first-order valence-corrected chi connectivity index (χ1v) is 6.50. The molecule has 0 saturated heterocycles. The number of benzene rings is 2. The smallest absolute Gasteiger partial charge is 0.328 e. The Morgan fingerprint density at radius 2 is 1.95 bits per heavy atom. The molecule has 0 amide bonds. The number of rotatable bonds is 5. The average Bonchev–Trinajstić information content (AvgIpc) is 2.45. The first kappa shape index (κ1) is 15.1. The lowest BCUT2D eigenvalue weighted by Gasteiger charge is -2.10. The number of carboxylic acid groups (broad SMARTS) is 1. The van der Waals surface area contributed by atoms with Crippen molar-refractivity contribution in [2.24, 2.45) is 0 Å². The zero-order valence-electron chi connectivity index (χ0n) is 10.9. The van der Waals surface area contributed by atoms with E-state index in [1.54, 1.807) is 30.3 Å². The second kappa shape index (κ2) is 6.90. The van der Waals surface area contributed by atoms with Gasteiger partial charge in [0.1, 0.15) is 18.2 Å². The molecular formula is C16H12ClFO3. The van der Waals surface area contributed by atoms with Crippen LogP contribution in [0.4, 0.5) is 4.39 Å². The van der Waals surface area contributed by atoms with Gasteiger partial charge in [-0.15, -0.1) is 0 Å². The van der Waals surface area contributed by atoms with E-state index in [9.17, 15) is 9.18 Å². The Balaban J connectivity index is 2.15. The van der Waals surface area contributed by atoms with Gasteiger partial charge in [0.15, 0.2) is 0 Å². The molecular weight excluding hydrogens is 295 g/mol. The summed E-state index contributed by atoms with van der Waals surface area (Å²) in [5, 5.41) is 9.15. The van der Waals surface area contributed by atoms with Crippen molar-refractivity contribution in [3.05, 3.63) is 70.5 Å². The van der Waals surface area contributed by atoms with Crippen LogP contribution in [0.2, 0.25) is 5.02 Å². The molecule has 0 aliphatic heterocycles. The van der Waals surface area contributed by atoms with Crippen molar-refractivity contribution in [2.45, 2.75) is 6.61 Å². The molecule has 0 heterocycles. The third-order valence-corrected chi connectivity index (χ3v) is 2.92. The lowest BCUT2D eigenvalue weighted by atomic mass is 10.2. The summed E-state index contributed by atoms with van der Waals surface area (Å²) in [7, 11) is 0. The molecule has 0 aromatic heterocycles. The van der Waals surface area contributed by atoms with Crippen LogP contribution in [0.25, 0.3) is 6.08 Å². The van der Waals surface area contributed by atoms with Crippen LogP contribution < -0.4 is 4.74 Å². The van der Waals surface area contributed by atoms with E-state index in [4.69, 9.17) is 21.4 Å². The van der Waals surface area contributed by atoms with Crippen molar-refractivity contribution in [3.63, 3.8) is 0 Å². The topological polar surface area (TPSA) is 46.5 Å². The number of ether oxygens (including phenoxy) is 1. The Hall–Kier alpha value is -2.33. The molecule has 0 unspecified atom stereocenters. The van der Waals surface area contributed by atoms with E-state index in [2.05, 4.69) is 0 Å². The van der Waals surface area contributed by atoms with Gasteiger partial charge in [-0.25, -0.2) is 9.18 Å². The third-order valence-electron chi connectivity index (χ3n) is 2.68. The highest BCUT2D eigenvalue weighted by atomic mass is 35.5. The number of halogens is 2. The fourth-order valence-electron chi connectivity index (χ4n) is 1.68. The minimum atomic E-state index is -1.06. The number of carbonyl (C=O) groups is 1. The Kier molecular flexibility index (Phi) is 4.95. The van der Waals surface area contributed by atoms with Crippen LogP contribution in [0.3, 0.4) is 0 Å². The highest BCUT2D eigenvalue weighted by molar-refractivity contribution is 6.30. The maximum atomic E-state index is 12.8. The monoisotopic (exact) mass is 306 g/mol. The van der Waals surface area contributed by atoms with Gasteiger partial charge in [-0.05, 0) is 42.0 Å². The lowest BCUT2D eigenvalue weighted by molar-refractivity contribution is -0.131. The van der Waals surface area contributed by atoms with E-state index < -0.39 is 5.97 Å². The molecule has 5 heteroatoms. The van der Waals surface area contributed by atoms with Gasteiger partial charge in [0, 0.05) is 16.7 Å². The molecule has 0 aliphatic carbocycles. The molecule has 2 aromatic carbocycles. The molecule has 3 nitrogen and oxygen atoms in total. The van der Waals surface area contributed by atoms with Gasteiger partial charge in [0.25, 0.3) is 0 Å². The minimum Gasteiger partial charge on any atom is -0.488 e. The van der Waals surface area contributed by atoms with Crippen LogP contribution in [-0.2, 0) is 11.4 Å².